The largest absolute Gasteiger partial charge is 0.469 e. The second kappa shape index (κ2) is 9.62. The van der Waals surface area contributed by atoms with Crippen LogP contribution in [0.1, 0.15) is 29.2 Å². The van der Waals surface area contributed by atoms with Crippen molar-refractivity contribution in [2.24, 2.45) is 0 Å². The van der Waals surface area contributed by atoms with E-state index in [1.165, 1.54) is 12.1 Å². The maximum atomic E-state index is 13.3. The lowest BCUT2D eigenvalue weighted by Crippen LogP contribution is -2.37. The Balaban J connectivity index is 1.30. The minimum Gasteiger partial charge on any atom is -0.469 e. The summed E-state index contributed by atoms with van der Waals surface area (Å²) in [5.74, 6) is 1.49. The highest BCUT2D eigenvalue weighted by molar-refractivity contribution is 5.30. The molecular formula is C22H25FN4O2. The first-order valence-corrected chi connectivity index (χ1v) is 9.93. The molecule has 0 amide bonds. The van der Waals surface area contributed by atoms with Gasteiger partial charge in [-0.2, -0.15) is 0 Å². The van der Waals surface area contributed by atoms with E-state index in [-0.39, 0.29) is 11.7 Å². The molecule has 152 valence electrons. The molecule has 1 N–H and O–H groups in total. The summed E-state index contributed by atoms with van der Waals surface area (Å²) in [6.07, 6.45) is 6.25. The van der Waals surface area contributed by atoms with Gasteiger partial charge in [0, 0.05) is 43.5 Å². The molecule has 0 saturated carbocycles. The Kier molecular flexibility index (Phi) is 6.49. The van der Waals surface area contributed by atoms with Crippen LogP contribution in [-0.4, -0.2) is 42.8 Å². The molecule has 0 spiro atoms. The first-order valence-electron chi connectivity index (χ1n) is 9.93. The van der Waals surface area contributed by atoms with Crippen molar-refractivity contribution in [2.75, 3.05) is 37.7 Å². The highest BCUT2D eigenvalue weighted by Crippen LogP contribution is 2.28. The monoisotopic (exact) mass is 396 g/mol. The second-order valence-corrected chi connectivity index (χ2v) is 7.08. The summed E-state index contributed by atoms with van der Waals surface area (Å²) in [5.41, 5.74) is 2.08. The number of nitrogens with one attached hydrogen (secondary N) is 1. The van der Waals surface area contributed by atoms with Crippen LogP contribution in [0, 0.1) is 5.82 Å². The Morgan fingerprint density at radius 1 is 1.07 bits per heavy atom. The molecule has 3 aromatic rings. The SMILES string of the molecule is Fc1ccc(C(CCNCc2cnc(N3CCOCC3)nc2)c2ccco2)cc1. The van der Waals surface area contributed by atoms with Crippen molar-refractivity contribution >= 4 is 5.95 Å². The molecular weight excluding hydrogens is 371 g/mol. The molecule has 4 rings (SSSR count). The lowest BCUT2D eigenvalue weighted by molar-refractivity contribution is 0.122. The van der Waals surface area contributed by atoms with Gasteiger partial charge >= 0.3 is 0 Å². The zero-order valence-electron chi connectivity index (χ0n) is 16.3. The van der Waals surface area contributed by atoms with Gasteiger partial charge in [-0.3, -0.25) is 0 Å². The smallest absolute Gasteiger partial charge is 0.225 e. The highest BCUT2D eigenvalue weighted by Gasteiger charge is 2.17. The van der Waals surface area contributed by atoms with Crippen molar-refractivity contribution in [3.05, 3.63) is 77.8 Å². The van der Waals surface area contributed by atoms with Crippen molar-refractivity contribution < 1.29 is 13.5 Å². The van der Waals surface area contributed by atoms with Gasteiger partial charge in [-0.05, 0) is 42.8 Å². The van der Waals surface area contributed by atoms with Gasteiger partial charge in [-0.1, -0.05) is 12.1 Å². The van der Waals surface area contributed by atoms with E-state index in [0.29, 0.717) is 6.54 Å². The van der Waals surface area contributed by atoms with Crippen LogP contribution in [0.5, 0.6) is 0 Å². The average molecular weight is 396 g/mol. The summed E-state index contributed by atoms with van der Waals surface area (Å²) in [5, 5.41) is 3.44. The zero-order chi connectivity index (χ0) is 19.9. The highest BCUT2D eigenvalue weighted by atomic mass is 19.1. The first kappa shape index (κ1) is 19.5. The molecule has 0 bridgehead atoms. The summed E-state index contributed by atoms with van der Waals surface area (Å²) in [7, 11) is 0. The number of anilines is 1. The van der Waals surface area contributed by atoms with Crippen LogP contribution < -0.4 is 10.2 Å². The van der Waals surface area contributed by atoms with Gasteiger partial charge in [0.2, 0.25) is 5.95 Å². The molecule has 1 aromatic carbocycles. The van der Waals surface area contributed by atoms with Crippen LogP contribution >= 0.6 is 0 Å². The van der Waals surface area contributed by atoms with Crippen molar-refractivity contribution in [3.63, 3.8) is 0 Å². The van der Waals surface area contributed by atoms with Crippen molar-refractivity contribution in [1.29, 1.82) is 0 Å². The normalized spacial score (nSPS) is 15.4. The number of hydrogen-bond donors (Lipinski definition) is 1. The Morgan fingerprint density at radius 3 is 2.52 bits per heavy atom. The fourth-order valence-electron chi connectivity index (χ4n) is 3.50. The standard InChI is InChI=1S/C22H25FN4O2/c23-19-5-3-18(4-6-19)20(21-2-1-11-29-21)7-8-24-14-17-15-25-22(26-16-17)27-9-12-28-13-10-27/h1-6,11,15-16,20,24H,7-10,12-14H2. The van der Waals surface area contributed by atoms with E-state index in [1.54, 1.807) is 6.26 Å². The summed E-state index contributed by atoms with van der Waals surface area (Å²) >= 11 is 0. The third-order valence-corrected chi connectivity index (χ3v) is 5.08. The molecule has 1 aliphatic rings. The quantitative estimate of drug-likeness (QED) is 0.589. The van der Waals surface area contributed by atoms with Gasteiger partial charge < -0.3 is 19.4 Å². The molecule has 1 aliphatic heterocycles. The van der Waals surface area contributed by atoms with E-state index >= 15 is 0 Å². The van der Waals surface area contributed by atoms with Crippen molar-refractivity contribution in [2.45, 2.75) is 18.9 Å². The van der Waals surface area contributed by atoms with Gasteiger partial charge in [0.25, 0.3) is 0 Å². The molecule has 0 radical (unpaired) electrons. The van der Waals surface area contributed by atoms with Crippen LogP contribution in [0.3, 0.4) is 0 Å². The topological polar surface area (TPSA) is 63.4 Å². The van der Waals surface area contributed by atoms with E-state index in [9.17, 15) is 4.39 Å². The predicted molar refractivity (Wildman–Crippen MR) is 108 cm³/mol. The summed E-state index contributed by atoms with van der Waals surface area (Å²) in [4.78, 5) is 11.1. The van der Waals surface area contributed by atoms with Crippen molar-refractivity contribution in [3.8, 4) is 0 Å². The number of aromatic nitrogens is 2. The minimum absolute atomic E-state index is 0.0815. The van der Waals surface area contributed by atoms with Gasteiger partial charge in [-0.15, -0.1) is 0 Å². The van der Waals surface area contributed by atoms with Crippen LogP contribution in [0.15, 0.2) is 59.5 Å². The second-order valence-electron chi connectivity index (χ2n) is 7.08. The van der Waals surface area contributed by atoms with E-state index in [2.05, 4.69) is 20.2 Å². The number of rotatable bonds is 8. The van der Waals surface area contributed by atoms with Crippen LogP contribution in [0.4, 0.5) is 10.3 Å². The first-order chi connectivity index (χ1) is 14.3. The van der Waals surface area contributed by atoms with Gasteiger partial charge in [0.05, 0.1) is 19.5 Å². The summed E-state index contributed by atoms with van der Waals surface area (Å²) < 4.78 is 24.3. The van der Waals surface area contributed by atoms with E-state index in [4.69, 9.17) is 9.15 Å². The molecule has 1 atom stereocenters. The minimum atomic E-state index is -0.231. The fourth-order valence-corrected chi connectivity index (χ4v) is 3.50. The van der Waals surface area contributed by atoms with Gasteiger partial charge in [-0.25, -0.2) is 14.4 Å². The molecule has 1 unspecified atom stereocenters. The average Bonchev–Trinajstić information content (AvgIpc) is 3.30. The molecule has 3 heterocycles. The number of nitrogens with zero attached hydrogens (tertiary/aromatic N) is 3. The summed E-state index contributed by atoms with van der Waals surface area (Å²) in [6.45, 7) is 4.57. The van der Waals surface area contributed by atoms with Crippen LogP contribution in [-0.2, 0) is 11.3 Å². The molecule has 6 nitrogen and oxygen atoms in total. The molecule has 29 heavy (non-hydrogen) atoms. The number of benzene rings is 1. The van der Waals surface area contributed by atoms with Gasteiger partial charge in [0.15, 0.2) is 0 Å². The lowest BCUT2D eigenvalue weighted by atomic mass is 9.93. The van der Waals surface area contributed by atoms with Crippen molar-refractivity contribution in [1.82, 2.24) is 15.3 Å². The maximum Gasteiger partial charge on any atom is 0.225 e. The van der Waals surface area contributed by atoms with Crippen LogP contribution in [0.2, 0.25) is 0 Å². The third-order valence-electron chi connectivity index (χ3n) is 5.08. The molecule has 2 aromatic heterocycles. The van der Waals surface area contributed by atoms with E-state index in [0.717, 1.165) is 62.1 Å². The van der Waals surface area contributed by atoms with Gasteiger partial charge in [0.1, 0.15) is 11.6 Å². The number of morpholine rings is 1. The Hall–Kier alpha value is -2.77. The van der Waals surface area contributed by atoms with E-state index < -0.39 is 0 Å². The molecule has 1 saturated heterocycles. The zero-order valence-corrected chi connectivity index (χ0v) is 16.3. The van der Waals surface area contributed by atoms with E-state index in [1.807, 2.05) is 36.7 Å². The predicted octanol–water partition coefficient (Wildman–Crippen LogP) is 3.36. The molecule has 7 heteroatoms. The number of ether oxygens (including phenoxy) is 1. The number of halogens is 1. The number of furan rings is 1. The Morgan fingerprint density at radius 2 is 1.83 bits per heavy atom. The molecule has 1 fully saturated rings. The maximum absolute atomic E-state index is 13.3. The Labute approximate surface area is 169 Å². The molecule has 0 aliphatic carbocycles. The third kappa shape index (κ3) is 5.19. The number of hydrogen-bond acceptors (Lipinski definition) is 6. The lowest BCUT2D eigenvalue weighted by Gasteiger charge is -2.26. The Bertz CT molecular complexity index is 863. The summed E-state index contributed by atoms with van der Waals surface area (Å²) in [6, 6.07) is 10.5. The fraction of sp³-hybridized carbons (Fsp3) is 0.364. The van der Waals surface area contributed by atoms with Crippen LogP contribution in [0.25, 0.3) is 0 Å².